The molecule has 1 aromatic heterocycles. The molecule has 2 aromatic rings. The lowest BCUT2D eigenvalue weighted by molar-refractivity contribution is 0.172. The molecule has 1 aliphatic heterocycles. The maximum Gasteiger partial charge on any atom is 0.163 e. The summed E-state index contributed by atoms with van der Waals surface area (Å²) in [5.41, 5.74) is 8.29. The van der Waals surface area contributed by atoms with Crippen LogP contribution in [0.3, 0.4) is 0 Å². The quantitative estimate of drug-likeness (QED) is 0.791. The smallest absolute Gasteiger partial charge is 0.163 e. The van der Waals surface area contributed by atoms with Crippen molar-refractivity contribution >= 4 is 11.0 Å². The van der Waals surface area contributed by atoms with E-state index in [1.54, 1.807) is 0 Å². The Balaban J connectivity index is 1.72. The minimum atomic E-state index is 0.204. The number of H-pyrrole nitrogens is 1. The van der Waals surface area contributed by atoms with Crippen LogP contribution in [0.15, 0.2) is 12.1 Å². The molecule has 1 fully saturated rings. The van der Waals surface area contributed by atoms with Crippen molar-refractivity contribution < 1.29 is 9.47 Å². The third kappa shape index (κ3) is 2.35. The number of aromatic amines is 1. The fourth-order valence-corrected chi connectivity index (χ4v) is 3.42. The van der Waals surface area contributed by atoms with Crippen molar-refractivity contribution in [2.24, 2.45) is 5.73 Å². The van der Waals surface area contributed by atoms with E-state index in [4.69, 9.17) is 20.2 Å². The Morgan fingerprint density at radius 1 is 1.05 bits per heavy atom. The molecule has 0 spiro atoms. The Kier molecular flexibility index (Phi) is 3.22. The molecule has 112 valence electrons. The van der Waals surface area contributed by atoms with Gasteiger partial charge in [-0.2, -0.15) is 0 Å². The molecule has 2 atom stereocenters. The van der Waals surface area contributed by atoms with Gasteiger partial charge in [0.25, 0.3) is 0 Å². The van der Waals surface area contributed by atoms with E-state index in [1.807, 2.05) is 12.1 Å². The van der Waals surface area contributed by atoms with Gasteiger partial charge in [-0.1, -0.05) is 19.3 Å². The van der Waals surface area contributed by atoms with Crippen LogP contribution in [0.5, 0.6) is 11.5 Å². The summed E-state index contributed by atoms with van der Waals surface area (Å²) in [6, 6.07) is 4.16. The van der Waals surface area contributed by atoms with E-state index in [0.29, 0.717) is 19.1 Å². The highest BCUT2D eigenvalue weighted by molar-refractivity contribution is 5.80. The molecular formula is C16H21N3O2. The van der Waals surface area contributed by atoms with Crippen LogP contribution in [-0.4, -0.2) is 29.2 Å². The molecule has 21 heavy (non-hydrogen) atoms. The topological polar surface area (TPSA) is 73.2 Å². The zero-order valence-corrected chi connectivity index (χ0v) is 12.1. The maximum absolute atomic E-state index is 6.35. The Morgan fingerprint density at radius 3 is 2.67 bits per heavy atom. The first-order valence-corrected chi connectivity index (χ1v) is 7.86. The second-order valence-electron chi connectivity index (χ2n) is 6.04. The zero-order chi connectivity index (χ0) is 14.2. The third-order valence-corrected chi connectivity index (χ3v) is 4.58. The van der Waals surface area contributed by atoms with Gasteiger partial charge in [0.2, 0.25) is 0 Å². The van der Waals surface area contributed by atoms with Crippen molar-refractivity contribution in [3.8, 4) is 11.5 Å². The van der Waals surface area contributed by atoms with Gasteiger partial charge in [-0.15, -0.1) is 0 Å². The number of fused-ring (bicyclic) bond motifs is 2. The minimum Gasteiger partial charge on any atom is -0.486 e. The maximum atomic E-state index is 6.35. The van der Waals surface area contributed by atoms with Gasteiger partial charge in [0.1, 0.15) is 19.0 Å². The normalized spacial score (nSPS) is 25.8. The molecule has 2 unspecified atom stereocenters. The second kappa shape index (κ2) is 5.22. The number of nitrogens with two attached hydrogens (primary N) is 1. The van der Waals surface area contributed by atoms with E-state index in [1.165, 1.54) is 19.3 Å². The average molecular weight is 287 g/mol. The third-order valence-electron chi connectivity index (χ3n) is 4.58. The molecular weight excluding hydrogens is 266 g/mol. The summed E-state index contributed by atoms with van der Waals surface area (Å²) in [6.07, 6.45) is 5.95. The van der Waals surface area contributed by atoms with E-state index >= 15 is 0 Å². The monoisotopic (exact) mass is 287 g/mol. The van der Waals surface area contributed by atoms with E-state index < -0.39 is 0 Å². The predicted octanol–water partition coefficient (Wildman–Crippen LogP) is 2.71. The van der Waals surface area contributed by atoms with Crippen LogP contribution in [0.25, 0.3) is 11.0 Å². The molecule has 0 bridgehead atoms. The van der Waals surface area contributed by atoms with Gasteiger partial charge in [0.05, 0.1) is 11.0 Å². The summed E-state index contributed by atoms with van der Waals surface area (Å²) in [4.78, 5) is 8.21. The van der Waals surface area contributed by atoms with Crippen LogP contribution >= 0.6 is 0 Å². The van der Waals surface area contributed by atoms with Gasteiger partial charge in [0.15, 0.2) is 11.5 Å². The van der Waals surface area contributed by atoms with E-state index in [2.05, 4.69) is 4.98 Å². The number of hydrogen-bond donors (Lipinski definition) is 2. The standard InChI is InChI=1S/C16H21N3O2/c17-11-5-3-1-2-4-10(11)16-18-12-8-14-15(9-13(12)19-16)21-7-6-20-14/h8-11H,1-7,17H2,(H,18,19). The molecule has 5 nitrogen and oxygen atoms in total. The fraction of sp³-hybridized carbons (Fsp3) is 0.562. The van der Waals surface area contributed by atoms with Crippen LogP contribution < -0.4 is 15.2 Å². The number of hydrogen-bond acceptors (Lipinski definition) is 4. The van der Waals surface area contributed by atoms with Crippen LogP contribution in [0, 0.1) is 0 Å². The summed E-state index contributed by atoms with van der Waals surface area (Å²) in [5, 5.41) is 0. The molecule has 1 aliphatic carbocycles. The van der Waals surface area contributed by atoms with Crippen LogP contribution in [0.2, 0.25) is 0 Å². The number of aromatic nitrogens is 2. The molecule has 1 saturated carbocycles. The number of nitrogens with one attached hydrogen (secondary N) is 1. The van der Waals surface area contributed by atoms with E-state index in [0.717, 1.165) is 41.2 Å². The second-order valence-corrected chi connectivity index (χ2v) is 6.04. The first-order valence-electron chi connectivity index (χ1n) is 7.86. The summed E-state index contributed by atoms with van der Waals surface area (Å²) in [7, 11) is 0. The summed E-state index contributed by atoms with van der Waals surface area (Å²) in [6.45, 7) is 1.20. The number of rotatable bonds is 1. The van der Waals surface area contributed by atoms with Gasteiger partial charge in [-0.3, -0.25) is 0 Å². The Bertz CT molecular complexity index is 609. The van der Waals surface area contributed by atoms with E-state index in [-0.39, 0.29) is 6.04 Å². The molecule has 0 saturated heterocycles. The van der Waals surface area contributed by atoms with Gasteiger partial charge in [-0.05, 0) is 12.8 Å². The SMILES string of the molecule is NC1CCCCCC1c1nc2cc3c(cc2[nH]1)OCCO3. The van der Waals surface area contributed by atoms with Crippen molar-refractivity contribution in [1.29, 1.82) is 0 Å². The first kappa shape index (κ1) is 13.0. The van der Waals surface area contributed by atoms with Gasteiger partial charge in [0, 0.05) is 24.1 Å². The first-order chi connectivity index (χ1) is 10.3. The Hall–Kier alpha value is -1.75. The molecule has 5 heteroatoms. The molecule has 2 heterocycles. The van der Waals surface area contributed by atoms with Crippen LogP contribution in [0.1, 0.15) is 43.8 Å². The average Bonchev–Trinajstić information content (AvgIpc) is 2.77. The van der Waals surface area contributed by atoms with Crippen molar-refractivity contribution in [2.75, 3.05) is 13.2 Å². The minimum absolute atomic E-state index is 0.204. The Morgan fingerprint density at radius 2 is 1.81 bits per heavy atom. The van der Waals surface area contributed by atoms with Crippen molar-refractivity contribution in [3.63, 3.8) is 0 Å². The van der Waals surface area contributed by atoms with E-state index in [9.17, 15) is 0 Å². The molecule has 2 aliphatic rings. The van der Waals surface area contributed by atoms with Gasteiger partial charge >= 0.3 is 0 Å². The van der Waals surface area contributed by atoms with Gasteiger partial charge < -0.3 is 20.2 Å². The van der Waals surface area contributed by atoms with Crippen molar-refractivity contribution in [2.45, 2.75) is 44.1 Å². The molecule has 4 rings (SSSR count). The zero-order valence-electron chi connectivity index (χ0n) is 12.1. The number of imidazole rings is 1. The summed E-state index contributed by atoms with van der Waals surface area (Å²) >= 11 is 0. The number of nitrogens with zero attached hydrogens (tertiary/aromatic N) is 1. The molecule has 3 N–H and O–H groups in total. The van der Waals surface area contributed by atoms with Crippen LogP contribution in [0.4, 0.5) is 0 Å². The molecule has 0 radical (unpaired) electrons. The summed E-state index contributed by atoms with van der Waals surface area (Å²) < 4.78 is 11.3. The molecule has 1 aromatic carbocycles. The van der Waals surface area contributed by atoms with Crippen molar-refractivity contribution in [3.05, 3.63) is 18.0 Å². The lowest BCUT2D eigenvalue weighted by atomic mass is 9.95. The van der Waals surface area contributed by atoms with Crippen molar-refractivity contribution in [1.82, 2.24) is 9.97 Å². The summed E-state index contributed by atoms with van der Waals surface area (Å²) in [5.74, 6) is 2.94. The highest BCUT2D eigenvalue weighted by Gasteiger charge is 2.25. The lowest BCUT2D eigenvalue weighted by Crippen LogP contribution is -2.27. The fourth-order valence-electron chi connectivity index (χ4n) is 3.42. The number of benzene rings is 1. The van der Waals surface area contributed by atoms with Crippen LogP contribution in [-0.2, 0) is 0 Å². The largest absolute Gasteiger partial charge is 0.486 e. The lowest BCUT2D eigenvalue weighted by Gasteiger charge is -2.18. The predicted molar refractivity (Wildman–Crippen MR) is 80.9 cm³/mol. The highest BCUT2D eigenvalue weighted by Crippen LogP contribution is 2.36. The Labute approximate surface area is 123 Å². The number of ether oxygens (including phenoxy) is 2. The van der Waals surface area contributed by atoms with Gasteiger partial charge in [-0.25, -0.2) is 4.98 Å². The highest BCUT2D eigenvalue weighted by atomic mass is 16.6. The molecule has 0 amide bonds.